The number of ether oxygens (including phenoxy) is 1. The van der Waals surface area contributed by atoms with Gasteiger partial charge in [0.05, 0.1) is 4.90 Å². The number of nitrogens with one attached hydrogen (secondary N) is 2. The molecular weight excluding hydrogens is 356 g/mol. The number of benzene rings is 2. The maximum absolute atomic E-state index is 11.9. The summed E-state index contributed by atoms with van der Waals surface area (Å²) in [5.41, 5.74) is 0.210. The second kappa shape index (κ2) is 7.52. The van der Waals surface area contributed by atoms with E-state index in [1.807, 2.05) is 0 Å². The SMILES string of the molecule is CC(NC(=O)Nc1cccc(S(=O)(=O)O)c1)Oc1ccc(Cl)cc1. The number of amides is 2. The number of halogens is 1. The quantitative estimate of drug-likeness (QED) is 0.554. The van der Waals surface area contributed by atoms with Crippen LogP contribution in [0.1, 0.15) is 6.92 Å². The summed E-state index contributed by atoms with van der Waals surface area (Å²) in [6.07, 6.45) is -0.643. The van der Waals surface area contributed by atoms with Crippen molar-refractivity contribution in [2.24, 2.45) is 0 Å². The molecule has 0 aliphatic carbocycles. The average Bonchev–Trinajstić information content (AvgIpc) is 2.49. The zero-order chi connectivity index (χ0) is 17.7. The summed E-state index contributed by atoms with van der Waals surface area (Å²) in [5.74, 6) is 0.528. The van der Waals surface area contributed by atoms with Crippen molar-refractivity contribution in [1.82, 2.24) is 5.32 Å². The van der Waals surface area contributed by atoms with Crippen LogP contribution in [0.15, 0.2) is 53.4 Å². The van der Waals surface area contributed by atoms with E-state index >= 15 is 0 Å². The number of anilines is 1. The summed E-state index contributed by atoms with van der Waals surface area (Å²) in [6.45, 7) is 1.63. The third kappa shape index (κ3) is 5.41. The third-order valence-corrected chi connectivity index (χ3v) is 3.95. The molecule has 3 N–H and O–H groups in total. The smallest absolute Gasteiger partial charge is 0.322 e. The summed E-state index contributed by atoms with van der Waals surface area (Å²) in [7, 11) is -4.34. The Morgan fingerprint density at radius 1 is 1.21 bits per heavy atom. The van der Waals surface area contributed by atoms with Gasteiger partial charge in [0, 0.05) is 10.7 Å². The van der Waals surface area contributed by atoms with E-state index < -0.39 is 22.4 Å². The molecular formula is C15H15ClN2O5S. The van der Waals surface area contributed by atoms with E-state index in [2.05, 4.69) is 10.6 Å². The summed E-state index contributed by atoms with van der Waals surface area (Å²) >= 11 is 5.77. The minimum absolute atomic E-state index is 0.210. The van der Waals surface area contributed by atoms with Crippen molar-refractivity contribution in [1.29, 1.82) is 0 Å². The highest BCUT2D eigenvalue weighted by molar-refractivity contribution is 7.85. The van der Waals surface area contributed by atoms with Gasteiger partial charge in [-0.25, -0.2) is 4.79 Å². The van der Waals surface area contributed by atoms with Crippen molar-refractivity contribution < 1.29 is 22.5 Å². The lowest BCUT2D eigenvalue weighted by molar-refractivity contribution is 0.183. The first-order valence-electron chi connectivity index (χ1n) is 6.81. The first-order valence-corrected chi connectivity index (χ1v) is 8.63. The predicted molar refractivity (Wildman–Crippen MR) is 90.0 cm³/mol. The summed E-state index contributed by atoms with van der Waals surface area (Å²) in [4.78, 5) is 11.6. The number of rotatable bonds is 5. The fourth-order valence-corrected chi connectivity index (χ4v) is 2.49. The van der Waals surface area contributed by atoms with Crippen LogP contribution in [0, 0.1) is 0 Å². The molecule has 0 heterocycles. The van der Waals surface area contributed by atoms with E-state index in [1.165, 1.54) is 18.2 Å². The normalized spacial score (nSPS) is 12.3. The van der Waals surface area contributed by atoms with Crippen LogP contribution in [0.4, 0.5) is 10.5 Å². The lowest BCUT2D eigenvalue weighted by Crippen LogP contribution is -2.39. The van der Waals surface area contributed by atoms with E-state index in [4.69, 9.17) is 20.9 Å². The Morgan fingerprint density at radius 3 is 2.50 bits per heavy atom. The standard InChI is InChI=1S/C15H15ClN2O5S/c1-10(23-13-7-5-11(16)6-8-13)17-15(19)18-12-3-2-4-14(9-12)24(20,21)22/h2-10H,1H3,(H2,17,18,19)(H,20,21,22). The van der Waals surface area contributed by atoms with Crippen LogP contribution < -0.4 is 15.4 Å². The highest BCUT2D eigenvalue weighted by Crippen LogP contribution is 2.17. The number of hydrogen-bond acceptors (Lipinski definition) is 4. The van der Waals surface area contributed by atoms with Gasteiger partial charge in [0.2, 0.25) is 0 Å². The Balaban J connectivity index is 1.94. The van der Waals surface area contributed by atoms with Crippen LogP contribution in [-0.4, -0.2) is 25.2 Å². The summed E-state index contributed by atoms with van der Waals surface area (Å²) in [6, 6.07) is 11.3. The minimum atomic E-state index is -4.34. The Morgan fingerprint density at radius 2 is 1.88 bits per heavy atom. The molecule has 128 valence electrons. The fraction of sp³-hybridized carbons (Fsp3) is 0.133. The van der Waals surface area contributed by atoms with E-state index in [9.17, 15) is 13.2 Å². The Hall–Kier alpha value is -2.29. The lowest BCUT2D eigenvalue weighted by Gasteiger charge is -2.17. The van der Waals surface area contributed by atoms with Crippen molar-refractivity contribution in [3.05, 3.63) is 53.6 Å². The van der Waals surface area contributed by atoms with Crippen LogP contribution >= 0.6 is 11.6 Å². The molecule has 0 saturated heterocycles. The number of carbonyl (C=O) groups excluding carboxylic acids is 1. The van der Waals surface area contributed by atoms with E-state index in [0.29, 0.717) is 10.8 Å². The Labute approximate surface area is 144 Å². The lowest BCUT2D eigenvalue weighted by atomic mass is 10.3. The van der Waals surface area contributed by atoms with Crippen LogP contribution in [0.25, 0.3) is 0 Å². The van der Waals surface area contributed by atoms with Gasteiger partial charge >= 0.3 is 6.03 Å². The maximum Gasteiger partial charge on any atom is 0.322 e. The van der Waals surface area contributed by atoms with Crippen molar-refractivity contribution in [2.45, 2.75) is 18.0 Å². The number of urea groups is 1. The molecule has 2 rings (SSSR count). The second-order valence-corrected chi connectivity index (χ2v) is 6.67. The molecule has 0 aromatic heterocycles. The monoisotopic (exact) mass is 370 g/mol. The molecule has 0 saturated carbocycles. The van der Waals surface area contributed by atoms with Gasteiger partial charge in [0.15, 0.2) is 6.23 Å². The van der Waals surface area contributed by atoms with Gasteiger partial charge in [0.25, 0.3) is 10.1 Å². The summed E-state index contributed by atoms with van der Waals surface area (Å²) < 4.78 is 36.6. The van der Waals surface area contributed by atoms with E-state index in [-0.39, 0.29) is 10.6 Å². The van der Waals surface area contributed by atoms with Crippen molar-refractivity contribution >= 4 is 33.4 Å². The molecule has 0 aliphatic heterocycles. The van der Waals surface area contributed by atoms with Crippen LogP contribution in [-0.2, 0) is 10.1 Å². The number of carbonyl (C=O) groups is 1. The van der Waals surface area contributed by atoms with E-state index in [0.717, 1.165) is 6.07 Å². The van der Waals surface area contributed by atoms with Crippen molar-refractivity contribution in [3.8, 4) is 5.75 Å². The molecule has 1 unspecified atom stereocenters. The molecule has 0 fully saturated rings. The average molecular weight is 371 g/mol. The van der Waals surface area contributed by atoms with Crippen LogP contribution in [0.3, 0.4) is 0 Å². The van der Waals surface area contributed by atoms with Crippen molar-refractivity contribution in [2.75, 3.05) is 5.32 Å². The third-order valence-electron chi connectivity index (χ3n) is 2.85. The zero-order valence-corrected chi connectivity index (χ0v) is 14.1. The van der Waals surface area contributed by atoms with Gasteiger partial charge in [-0.1, -0.05) is 17.7 Å². The Bertz CT molecular complexity index is 824. The molecule has 0 spiro atoms. The highest BCUT2D eigenvalue weighted by atomic mass is 35.5. The molecule has 0 bridgehead atoms. The molecule has 0 radical (unpaired) electrons. The Kier molecular flexibility index (Phi) is 5.66. The predicted octanol–water partition coefficient (Wildman–Crippen LogP) is 3.13. The maximum atomic E-state index is 11.9. The molecule has 24 heavy (non-hydrogen) atoms. The van der Waals surface area contributed by atoms with Crippen LogP contribution in [0.2, 0.25) is 5.02 Å². The molecule has 0 aliphatic rings. The van der Waals surface area contributed by atoms with Gasteiger partial charge in [-0.15, -0.1) is 0 Å². The topological polar surface area (TPSA) is 105 Å². The first kappa shape index (κ1) is 18.1. The molecule has 7 nitrogen and oxygen atoms in total. The van der Waals surface area contributed by atoms with Gasteiger partial charge in [0.1, 0.15) is 5.75 Å². The molecule has 1 atom stereocenters. The van der Waals surface area contributed by atoms with Crippen molar-refractivity contribution in [3.63, 3.8) is 0 Å². The van der Waals surface area contributed by atoms with Gasteiger partial charge in [-0.2, -0.15) is 8.42 Å². The van der Waals surface area contributed by atoms with E-state index in [1.54, 1.807) is 31.2 Å². The van der Waals surface area contributed by atoms with Crippen LogP contribution in [0.5, 0.6) is 5.75 Å². The first-order chi connectivity index (χ1) is 11.2. The minimum Gasteiger partial charge on any atom is -0.471 e. The van der Waals surface area contributed by atoms with Gasteiger partial charge in [-0.05, 0) is 49.4 Å². The second-order valence-electron chi connectivity index (χ2n) is 4.82. The fourth-order valence-electron chi connectivity index (χ4n) is 1.83. The van der Waals surface area contributed by atoms with Gasteiger partial charge < -0.3 is 15.4 Å². The molecule has 9 heteroatoms. The highest BCUT2D eigenvalue weighted by Gasteiger charge is 2.12. The number of hydrogen-bond donors (Lipinski definition) is 3. The largest absolute Gasteiger partial charge is 0.471 e. The molecule has 2 aromatic carbocycles. The summed E-state index contributed by atoms with van der Waals surface area (Å²) in [5, 5.41) is 5.55. The van der Waals surface area contributed by atoms with Gasteiger partial charge in [-0.3, -0.25) is 4.55 Å². The molecule has 2 aromatic rings. The zero-order valence-electron chi connectivity index (χ0n) is 12.6. The molecule has 2 amide bonds.